The predicted octanol–water partition coefficient (Wildman–Crippen LogP) is 3.32. The molecular formula is C17H31NO6. The van der Waals surface area contributed by atoms with Crippen LogP contribution in [0.4, 0.5) is 4.79 Å². The van der Waals surface area contributed by atoms with Gasteiger partial charge in [0.25, 0.3) is 0 Å². The van der Waals surface area contributed by atoms with Crippen molar-refractivity contribution in [3.8, 4) is 0 Å². The number of nitrogens with one attached hydrogen (secondary N) is 1. The smallest absolute Gasteiger partial charge is 0.410 e. The number of ether oxygens (including phenoxy) is 2. The molecule has 0 saturated heterocycles. The number of carboxylic acid groups (broad SMARTS) is 1. The number of esters is 1. The lowest BCUT2D eigenvalue weighted by Crippen LogP contribution is -2.34. The third-order valence-electron chi connectivity index (χ3n) is 3.64. The van der Waals surface area contributed by atoms with Gasteiger partial charge in [-0.15, -0.1) is 0 Å². The molecule has 24 heavy (non-hydrogen) atoms. The lowest BCUT2D eigenvalue weighted by atomic mass is 9.90. The molecule has 0 aliphatic heterocycles. The molecule has 0 fully saturated rings. The molecule has 0 saturated carbocycles. The van der Waals surface area contributed by atoms with Crippen molar-refractivity contribution in [2.45, 2.75) is 72.5 Å². The molecule has 1 amide bonds. The van der Waals surface area contributed by atoms with Crippen molar-refractivity contribution in [2.24, 2.45) is 11.8 Å². The fraction of sp³-hybridized carbons (Fsp3) is 0.824. The standard InChI is InChI=1S/C17H31NO6/c1-5-7-8-12(3)9-14(10-15(19)20)11-18-17(22)24-13(4)23-16(21)6-2/h12-14H,5-11H2,1-4H3,(H,18,22)(H,19,20)/t12-,13+,14+/m1/s1. The number of aliphatic carboxylic acids is 1. The minimum atomic E-state index is -0.973. The Morgan fingerprint density at radius 1 is 1.12 bits per heavy atom. The van der Waals surface area contributed by atoms with Gasteiger partial charge >= 0.3 is 18.0 Å². The van der Waals surface area contributed by atoms with Crippen molar-refractivity contribution in [1.29, 1.82) is 0 Å². The zero-order valence-corrected chi connectivity index (χ0v) is 15.2. The van der Waals surface area contributed by atoms with E-state index >= 15 is 0 Å². The summed E-state index contributed by atoms with van der Waals surface area (Å²) in [4.78, 5) is 33.8. The number of carboxylic acids is 1. The van der Waals surface area contributed by atoms with E-state index in [1.165, 1.54) is 6.92 Å². The van der Waals surface area contributed by atoms with Crippen molar-refractivity contribution < 1.29 is 29.0 Å². The van der Waals surface area contributed by atoms with Crippen LogP contribution in [0, 0.1) is 11.8 Å². The van der Waals surface area contributed by atoms with E-state index in [1.54, 1.807) is 6.92 Å². The highest BCUT2D eigenvalue weighted by molar-refractivity contribution is 5.70. The van der Waals surface area contributed by atoms with E-state index in [0.717, 1.165) is 25.7 Å². The zero-order chi connectivity index (χ0) is 18.5. The van der Waals surface area contributed by atoms with Gasteiger partial charge in [-0.3, -0.25) is 9.59 Å². The summed E-state index contributed by atoms with van der Waals surface area (Å²) in [6, 6.07) is 0. The van der Waals surface area contributed by atoms with Crippen LogP contribution in [-0.4, -0.2) is 36.0 Å². The van der Waals surface area contributed by atoms with E-state index in [2.05, 4.69) is 19.2 Å². The van der Waals surface area contributed by atoms with Crippen molar-refractivity contribution >= 4 is 18.0 Å². The van der Waals surface area contributed by atoms with Crippen molar-refractivity contribution in [2.75, 3.05) is 6.54 Å². The molecule has 0 bridgehead atoms. The quantitative estimate of drug-likeness (QED) is 0.415. The van der Waals surface area contributed by atoms with E-state index in [0.29, 0.717) is 5.92 Å². The summed E-state index contributed by atoms with van der Waals surface area (Å²) < 4.78 is 9.74. The molecule has 7 heteroatoms. The van der Waals surface area contributed by atoms with E-state index in [9.17, 15) is 14.4 Å². The molecule has 0 aromatic heterocycles. The van der Waals surface area contributed by atoms with Gasteiger partial charge in [-0.25, -0.2) is 4.79 Å². The van der Waals surface area contributed by atoms with Gasteiger partial charge in [0, 0.05) is 26.3 Å². The SMILES string of the molecule is CCCC[C@@H](C)C[C@H](CNC(=O)O[C@@H](C)OC(=O)CC)CC(=O)O. The number of hydrogen-bond donors (Lipinski definition) is 2. The maximum atomic E-state index is 11.7. The van der Waals surface area contributed by atoms with Crippen LogP contribution >= 0.6 is 0 Å². The first-order valence-electron chi connectivity index (χ1n) is 8.64. The maximum Gasteiger partial charge on any atom is 0.410 e. The minimum Gasteiger partial charge on any atom is -0.481 e. The van der Waals surface area contributed by atoms with Crippen molar-refractivity contribution in [3.05, 3.63) is 0 Å². The van der Waals surface area contributed by atoms with Gasteiger partial charge in [-0.05, 0) is 18.3 Å². The Hall–Kier alpha value is -1.79. The van der Waals surface area contributed by atoms with Gasteiger partial charge in [-0.1, -0.05) is 40.0 Å². The summed E-state index contributed by atoms with van der Waals surface area (Å²) in [5.41, 5.74) is 0. The fourth-order valence-electron chi connectivity index (χ4n) is 2.44. The van der Waals surface area contributed by atoms with Crippen LogP contribution in [0.2, 0.25) is 0 Å². The fourth-order valence-corrected chi connectivity index (χ4v) is 2.44. The number of alkyl carbamates (subject to hydrolysis) is 1. The van der Waals surface area contributed by atoms with Crippen LogP contribution in [-0.2, 0) is 19.1 Å². The Bertz CT molecular complexity index is 399. The Balaban J connectivity index is 4.30. The maximum absolute atomic E-state index is 11.7. The number of hydrogen-bond acceptors (Lipinski definition) is 5. The monoisotopic (exact) mass is 345 g/mol. The van der Waals surface area contributed by atoms with Gasteiger partial charge in [0.05, 0.1) is 0 Å². The van der Waals surface area contributed by atoms with Crippen LogP contribution in [0.5, 0.6) is 0 Å². The molecule has 0 aliphatic rings. The summed E-state index contributed by atoms with van der Waals surface area (Å²) in [5.74, 6) is -1.10. The number of carbonyl (C=O) groups is 3. The van der Waals surface area contributed by atoms with Gasteiger partial charge < -0.3 is 19.9 Å². The van der Waals surface area contributed by atoms with E-state index in [-0.39, 0.29) is 25.3 Å². The van der Waals surface area contributed by atoms with Crippen LogP contribution in [0.1, 0.15) is 66.2 Å². The van der Waals surface area contributed by atoms with E-state index < -0.39 is 24.3 Å². The topological polar surface area (TPSA) is 102 Å². The Labute approximate surface area is 144 Å². The minimum absolute atomic E-state index is 0.00286. The van der Waals surface area contributed by atoms with Crippen molar-refractivity contribution in [3.63, 3.8) is 0 Å². The summed E-state index contributed by atoms with van der Waals surface area (Å²) in [5, 5.41) is 11.6. The van der Waals surface area contributed by atoms with E-state index in [1.807, 2.05) is 0 Å². The molecule has 0 aromatic rings. The van der Waals surface area contributed by atoms with Gasteiger partial charge in [0.15, 0.2) is 0 Å². The molecule has 3 atom stereocenters. The normalized spacial score (nSPS) is 14.3. The van der Waals surface area contributed by atoms with Crippen molar-refractivity contribution in [1.82, 2.24) is 5.32 Å². The van der Waals surface area contributed by atoms with Crippen LogP contribution in [0.15, 0.2) is 0 Å². The predicted molar refractivity (Wildman–Crippen MR) is 89.4 cm³/mol. The van der Waals surface area contributed by atoms with Gasteiger partial charge in [0.2, 0.25) is 6.29 Å². The third-order valence-corrected chi connectivity index (χ3v) is 3.64. The van der Waals surface area contributed by atoms with Crippen LogP contribution < -0.4 is 5.32 Å². The molecule has 0 aliphatic carbocycles. The molecule has 0 radical (unpaired) electrons. The van der Waals surface area contributed by atoms with Crippen LogP contribution in [0.25, 0.3) is 0 Å². The third kappa shape index (κ3) is 11.7. The number of amides is 1. The number of rotatable bonds is 12. The number of unbranched alkanes of at least 4 members (excludes halogenated alkanes) is 1. The highest BCUT2D eigenvalue weighted by atomic mass is 16.7. The molecule has 0 rings (SSSR count). The molecule has 2 N–H and O–H groups in total. The summed E-state index contributed by atoms with van der Waals surface area (Å²) in [6.45, 7) is 7.52. The Kier molecular flexibility index (Phi) is 11.7. The van der Waals surface area contributed by atoms with Gasteiger partial charge in [-0.2, -0.15) is 0 Å². The first-order valence-corrected chi connectivity index (χ1v) is 8.64. The van der Waals surface area contributed by atoms with Crippen LogP contribution in [0.3, 0.4) is 0 Å². The lowest BCUT2D eigenvalue weighted by Gasteiger charge is -2.20. The average Bonchev–Trinajstić information content (AvgIpc) is 2.49. The molecule has 0 spiro atoms. The number of carbonyl (C=O) groups excluding carboxylic acids is 2. The molecule has 0 unspecified atom stereocenters. The zero-order valence-electron chi connectivity index (χ0n) is 15.2. The molecule has 0 heterocycles. The largest absolute Gasteiger partial charge is 0.481 e. The second-order valence-electron chi connectivity index (χ2n) is 6.14. The second kappa shape index (κ2) is 12.6. The summed E-state index contributed by atoms with van der Waals surface area (Å²) in [6.07, 6.45) is 2.49. The second-order valence-corrected chi connectivity index (χ2v) is 6.14. The summed E-state index contributed by atoms with van der Waals surface area (Å²) >= 11 is 0. The average molecular weight is 345 g/mol. The highest BCUT2D eigenvalue weighted by Gasteiger charge is 2.19. The Morgan fingerprint density at radius 2 is 1.79 bits per heavy atom. The molecular weight excluding hydrogens is 314 g/mol. The van der Waals surface area contributed by atoms with Gasteiger partial charge in [0.1, 0.15) is 0 Å². The molecule has 140 valence electrons. The first kappa shape index (κ1) is 22.2. The lowest BCUT2D eigenvalue weighted by molar-refractivity contribution is -0.164. The Morgan fingerprint density at radius 3 is 2.33 bits per heavy atom. The first-order chi connectivity index (χ1) is 11.3. The summed E-state index contributed by atoms with van der Waals surface area (Å²) in [7, 11) is 0. The molecule has 0 aromatic carbocycles. The highest BCUT2D eigenvalue weighted by Crippen LogP contribution is 2.20. The van der Waals surface area contributed by atoms with E-state index in [4.69, 9.17) is 14.6 Å². The molecule has 7 nitrogen and oxygen atoms in total.